The monoisotopic (exact) mass is 411 g/mol. The fourth-order valence-corrected chi connectivity index (χ4v) is 3.59. The SMILES string of the molecule is Cc1c(C=CCN2CCN(c3cc(F)cc(F)c3)CC2)cnn1-c1ncccc1O. The molecule has 2 aromatic heterocycles. The van der Waals surface area contributed by atoms with E-state index in [9.17, 15) is 13.9 Å². The molecule has 0 bridgehead atoms. The van der Waals surface area contributed by atoms with Gasteiger partial charge < -0.3 is 10.0 Å². The number of hydrogen-bond acceptors (Lipinski definition) is 5. The number of nitrogens with zero attached hydrogens (tertiary/aromatic N) is 5. The maximum atomic E-state index is 13.4. The van der Waals surface area contributed by atoms with Gasteiger partial charge in [0.05, 0.1) is 11.9 Å². The van der Waals surface area contributed by atoms with E-state index < -0.39 is 11.6 Å². The Kier molecular flexibility index (Phi) is 5.76. The molecule has 156 valence electrons. The lowest BCUT2D eigenvalue weighted by Crippen LogP contribution is -2.46. The Hall–Kier alpha value is -3.26. The maximum absolute atomic E-state index is 13.4. The van der Waals surface area contributed by atoms with Gasteiger partial charge in [-0.15, -0.1) is 0 Å². The highest BCUT2D eigenvalue weighted by Crippen LogP contribution is 2.22. The smallest absolute Gasteiger partial charge is 0.196 e. The van der Waals surface area contributed by atoms with E-state index in [1.54, 1.807) is 29.2 Å². The summed E-state index contributed by atoms with van der Waals surface area (Å²) in [5.41, 5.74) is 2.43. The van der Waals surface area contributed by atoms with E-state index in [1.165, 1.54) is 12.1 Å². The van der Waals surface area contributed by atoms with Crippen LogP contribution in [0.4, 0.5) is 14.5 Å². The Morgan fingerprint density at radius 1 is 1.10 bits per heavy atom. The first-order chi connectivity index (χ1) is 14.5. The zero-order valence-corrected chi connectivity index (χ0v) is 16.7. The molecule has 3 aromatic rings. The molecule has 0 spiro atoms. The molecule has 1 fully saturated rings. The Labute approximate surface area is 173 Å². The van der Waals surface area contributed by atoms with E-state index in [0.29, 0.717) is 24.6 Å². The fraction of sp³-hybridized carbons (Fsp3) is 0.273. The number of piperazine rings is 1. The van der Waals surface area contributed by atoms with Gasteiger partial charge in [-0.25, -0.2) is 18.4 Å². The molecule has 0 radical (unpaired) electrons. The van der Waals surface area contributed by atoms with E-state index >= 15 is 0 Å². The van der Waals surface area contributed by atoms with Crippen LogP contribution in [0.3, 0.4) is 0 Å². The van der Waals surface area contributed by atoms with Crippen molar-refractivity contribution < 1.29 is 13.9 Å². The Morgan fingerprint density at radius 2 is 1.83 bits per heavy atom. The van der Waals surface area contributed by atoms with E-state index in [2.05, 4.69) is 21.1 Å². The lowest BCUT2D eigenvalue weighted by Gasteiger charge is -2.35. The molecule has 1 aromatic carbocycles. The van der Waals surface area contributed by atoms with Crippen LogP contribution < -0.4 is 4.90 Å². The van der Waals surface area contributed by atoms with E-state index in [4.69, 9.17) is 0 Å². The predicted molar refractivity (Wildman–Crippen MR) is 112 cm³/mol. The van der Waals surface area contributed by atoms with Crippen LogP contribution in [0, 0.1) is 18.6 Å². The van der Waals surface area contributed by atoms with E-state index in [-0.39, 0.29) is 5.75 Å². The third kappa shape index (κ3) is 4.33. The molecule has 1 aliphatic heterocycles. The van der Waals surface area contributed by atoms with Gasteiger partial charge in [0.25, 0.3) is 0 Å². The average Bonchev–Trinajstić information content (AvgIpc) is 3.08. The summed E-state index contributed by atoms with van der Waals surface area (Å²) in [6, 6.07) is 6.89. The number of rotatable bonds is 5. The first-order valence-corrected chi connectivity index (χ1v) is 9.80. The number of benzene rings is 1. The van der Waals surface area contributed by atoms with E-state index in [0.717, 1.165) is 37.0 Å². The normalized spacial score (nSPS) is 15.2. The van der Waals surface area contributed by atoms with Gasteiger partial charge in [0.15, 0.2) is 11.6 Å². The van der Waals surface area contributed by atoms with Gasteiger partial charge >= 0.3 is 0 Å². The van der Waals surface area contributed by atoms with E-state index in [1.807, 2.05) is 17.9 Å². The molecule has 0 aliphatic carbocycles. The molecule has 0 saturated carbocycles. The Balaban J connectivity index is 1.34. The van der Waals surface area contributed by atoms with Gasteiger partial charge in [-0.2, -0.15) is 5.10 Å². The molecule has 1 N–H and O–H groups in total. The first kappa shape index (κ1) is 20.0. The highest BCUT2D eigenvalue weighted by molar-refractivity contribution is 5.53. The van der Waals surface area contributed by atoms with Gasteiger partial charge in [-0.1, -0.05) is 12.2 Å². The van der Waals surface area contributed by atoms with Gasteiger partial charge in [-0.3, -0.25) is 4.90 Å². The lowest BCUT2D eigenvalue weighted by atomic mass is 10.2. The largest absolute Gasteiger partial charge is 0.504 e. The highest BCUT2D eigenvalue weighted by atomic mass is 19.1. The van der Waals surface area contributed by atoms with Crippen molar-refractivity contribution in [3.8, 4) is 11.6 Å². The topological polar surface area (TPSA) is 57.4 Å². The minimum Gasteiger partial charge on any atom is -0.504 e. The third-order valence-electron chi connectivity index (χ3n) is 5.26. The number of pyridine rings is 1. The number of aromatic hydroxyl groups is 1. The summed E-state index contributed by atoms with van der Waals surface area (Å²) >= 11 is 0. The Bertz CT molecular complexity index is 1040. The molecule has 3 heterocycles. The van der Waals surface area contributed by atoms with Crippen molar-refractivity contribution in [1.29, 1.82) is 0 Å². The highest BCUT2D eigenvalue weighted by Gasteiger charge is 2.17. The van der Waals surface area contributed by atoms with Crippen LogP contribution >= 0.6 is 0 Å². The summed E-state index contributed by atoms with van der Waals surface area (Å²) in [6.07, 6.45) is 7.44. The molecule has 1 aliphatic rings. The molecule has 0 unspecified atom stereocenters. The van der Waals surface area contributed by atoms with Crippen molar-refractivity contribution in [3.05, 3.63) is 71.7 Å². The molecule has 8 heteroatoms. The van der Waals surface area contributed by atoms with Crippen molar-refractivity contribution in [3.63, 3.8) is 0 Å². The summed E-state index contributed by atoms with van der Waals surface area (Å²) in [4.78, 5) is 8.47. The number of anilines is 1. The van der Waals surface area contributed by atoms with Crippen LogP contribution in [0.25, 0.3) is 11.9 Å². The van der Waals surface area contributed by atoms with Crippen molar-refractivity contribution in [2.24, 2.45) is 0 Å². The van der Waals surface area contributed by atoms with Gasteiger partial charge in [0.1, 0.15) is 11.6 Å². The molecule has 4 rings (SSSR count). The van der Waals surface area contributed by atoms with Crippen molar-refractivity contribution in [2.45, 2.75) is 6.92 Å². The van der Waals surface area contributed by atoms with Crippen LogP contribution in [-0.4, -0.2) is 57.5 Å². The second-order valence-corrected chi connectivity index (χ2v) is 7.26. The number of halogens is 2. The predicted octanol–water partition coefficient (Wildman–Crippen LogP) is 3.39. The summed E-state index contributed by atoms with van der Waals surface area (Å²) in [5, 5.41) is 14.3. The standard InChI is InChI=1S/C22H23F2N5O/c1-16-17(15-26-29(16)22-21(30)5-2-6-25-22)4-3-7-27-8-10-28(11-9-27)20-13-18(23)12-19(24)14-20/h2-6,12-15,30H,7-11H2,1H3. The molecule has 6 nitrogen and oxygen atoms in total. The van der Waals surface area contributed by atoms with Gasteiger partial charge in [0, 0.05) is 56.2 Å². The maximum Gasteiger partial charge on any atom is 0.196 e. The third-order valence-corrected chi connectivity index (χ3v) is 5.26. The van der Waals surface area contributed by atoms with Crippen molar-refractivity contribution in [2.75, 3.05) is 37.6 Å². The molecule has 0 amide bonds. The summed E-state index contributed by atoms with van der Waals surface area (Å²) in [6.45, 7) is 5.74. The number of hydrogen-bond donors (Lipinski definition) is 1. The fourth-order valence-electron chi connectivity index (χ4n) is 3.59. The summed E-state index contributed by atoms with van der Waals surface area (Å²) < 4.78 is 28.5. The first-order valence-electron chi connectivity index (χ1n) is 9.80. The van der Waals surface area contributed by atoms with Crippen LogP contribution in [0.15, 0.2) is 48.8 Å². The molecular weight excluding hydrogens is 388 g/mol. The molecular formula is C22H23F2N5O. The van der Waals surface area contributed by atoms with Crippen LogP contribution in [0.5, 0.6) is 5.75 Å². The quantitative estimate of drug-likeness (QED) is 0.698. The summed E-state index contributed by atoms with van der Waals surface area (Å²) in [7, 11) is 0. The van der Waals surface area contributed by atoms with Crippen molar-refractivity contribution in [1.82, 2.24) is 19.7 Å². The second kappa shape index (κ2) is 8.62. The zero-order chi connectivity index (χ0) is 21.1. The minimum atomic E-state index is -0.551. The van der Waals surface area contributed by atoms with Crippen LogP contribution in [0.1, 0.15) is 11.3 Å². The second-order valence-electron chi connectivity index (χ2n) is 7.26. The molecule has 1 saturated heterocycles. The van der Waals surface area contributed by atoms with Gasteiger partial charge in [0.2, 0.25) is 0 Å². The number of aromatic nitrogens is 3. The Morgan fingerprint density at radius 3 is 2.53 bits per heavy atom. The lowest BCUT2D eigenvalue weighted by molar-refractivity contribution is 0.284. The van der Waals surface area contributed by atoms with Gasteiger partial charge in [-0.05, 0) is 31.2 Å². The molecule has 30 heavy (non-hydrogen) atoms. The molecule has 0 atom stereocenters. The minimum absolute atomic E-state index is 0.0790. The van der Waals surface area contributed by atoms with Crippen LogP contribution in [-0.2, 0) is 0 Å². The zero-order valence-electron chi connectivity index (χ0n) is 16.7. The van der Waals surface area contributed by atoms with Crippen molar-refractivity contribution >= 4 is 11.8 Å². The van der Waals surface area contributed by atoms with Crippen LogP contribution in [0.2, 0.25) is 0 Å². The average molecular weight is 411 g/mol. The summed E-state index contributed by atoms with van der Waals surface area (Å²) in [5.74, 6) is -0.620.